The first kappa shape index (κ1) is 15.7. The predicted molar refractivity (Wildman–Crippen MR) is 87.5 cm³/mol. The van der Waals surface area contributed by atoms with Gasteiger partial charge in [0.1, 0.15) is 0 Å². The Kier molecular flexibility index (Phi) is 5.51. The first-order valence-corrected chi connectivity index (χ1v) is 7.76. The van der Waals surface area contributed by atoms with Crippen LogP contribution >= 0.6 is 0 Å². The molecule has 0 aliphatic carbocycles. The molecule has 4 nitrogen and oxygen atoms in total. The summed E-state index contributed by atoms with van der Waals surface area (Å²) in [5.41, 5.74) is 1.73. The second kappa shape index (κ2) is 7.36. The third kappa shape index (κ3) is 4.39. The van der Waals surface area contributed by atoms with Crippen molar-refractivity contribution in [3.05, 3.63) is 40.8 Å². The van der Waals surface area contributed by atoms with Crippen molar-refractivity contribution < 1.29 is 0 Å². The van der Waals surface area contributed by atoms with Crippen LogP contribution < -0.4 is 10.9 Å². The molecule has 0 saturated heterocycles. The number of hydrogen-bond donors (Lipinski definition) is 1. The number of benzene rings is 1. The molecule has 0 aliphatic heterocycles. The molecule has 1 aromatic heterocycles. The van der Waals surface area contributed by atoms with Gasteiger partial charge in [0.2, 0.25) is 0 Å². The Labute approximate surface area is 126 Å². The zero-order valence-electron chi connectivity index (χ0n) is 13.2. The lowest BCUT2D eigenvalue weighted by Gasteiger charge is -2.16. The van der Waals surface area contributed by atoms with Crippen molar-refractivity contribution in [3.8, 4) is 0 Å². The minimum absolute atomic E-state index is 0.0367. The average molecular weight is 287 g/mol. The lowest BCUT2D eigenvalue weighted by Crippen LogP contribution is -2.32. The minimum Gasteiger partial charge on any atom is -0.312 e. The van der Waals surface area contributed by atoms with E-state index >= 15 is 0 Å². The molecule has 1 unspecified atom stereocenters. The number of aromatic nitrogens is 2. The predicted octanol–water partition coefficient (Wildman–Crippen LogP) is 2.81. The van der Waals surface area contributed by atoms with Crippen LogP contribution in [0.4, 0.5) is 0 Å². The van der Waals surface area contributed by atoms with Crippen LogP contribution in [0, 0.1) is 5.92 Å². The molecule has 0 amide bonds. The van der Waals surface area contributed by atoms with Crippen molar-refractivity contribution in [3.63, 3.8) is 0 Å². The fraction of sp³-hybridized carbons (Fsp3) is 0.529. The molecule has 0 aliphatic rings. The molecule has 2 rings (SSSR count). The molecule has 2 aromatic rings. The lowest BCUT2D eigenvalue weighted by molar-refractivity contribution is 0.441. The number of hydrogen-bond acceptors (Lipinski definition) is 3. The molecule has 1 atom stereocenters. The molecule has 1 heterocycles. The lowest BCUT2D eigenvalue weighted by atomic mass is 10.0. The molecule has 0 saturated carbocycles. The van der Waals surface area contributed by atoms with Gasteiger partial charge in [-0.25, -0.2) is 4.98 Å². The highest BCUT2D eigenvalue weighted by molar-refractivity contribution is 5.74. The quantitative estimate of drug-likeness (QED) is 0.852. The highest BCUT2D eigenvalue weighted by Crippen LogP contribution is 2.08. The van der Waals surface area contributed by atoms with Gasteiger partial charge in [-0.05, 0) is 37.8 Å². The summed E-state index contributed by atoms with van der Waals surface area (Å²) in [6.07, 6.45) is 3.81. The smallest absolute Gasteiger partial charge is 0.269 e. The van der Waals surface area contributed by atoms with E-state index in [1.807, 2.05) is 24.3 Å². The van der Waals surface area contributed by atoms with Crippen LogP contribution in [-0.4, -0.2) is 22.1 Å². The Balaban J connectivity index is 1.97. The maximum atomic E-state index is 12.0. The first-order chi connectivity index (χ1) is 10.1. The molecular weight excluding hydrogens is 262 g/mol. The molecule has 21 heavy (non-hydrogen) atoms. The van der Waals surface area contributed by atoms with Crippen LogP contribution in [0.3, 0.4) is 0 Å². The van der Waals surface area contributed by atoms with Gasteiger partial charge in [-0.1, -0.05) is 26.0 Å². The third-order valence-electron chi connectivity index (χ3n) is 3.76. The number of nitrogens with one attached hydrogen (secondary N) is 1. The van der Waals surface area contributed by atoms with E-state index < -0.39 is 0 Å². The third-order valence-corrected chi connectivity index (χ3v) is 3.76. The van der Waals surface area contributed by atoms with Crippen molar-refractivity contribution in [2.75, 3.05) is 6.54 Å². The van der Waals surface area contributed by atoms with E-state index in [2.05, 4.69) is 31.1 Å². The van der Waals surface area contributed by atoms with Crippen LogP contribution in [0.15, 0.2) is 35.3 Å². The molecule has 0 radical (unpaired) electrons. The van der Waals surface area contributed by atoms with Gasteiger partial charge in [0.25, 0.3) is 5.56 Å². The second-order valence-corrected chi connectivity index (χ2v) is 6.06. The standard InChI is InChI=1S/C17H25N3O/c1-13(2)8-9-14(3)18-10-11-20-16-7-5-4-6-15(16)19-12-17(20)21/h4-7,12-14,18H,8-11H2,1-3H3. The molecule has 0 spiro atoms. The van der Waals surface area contributed by atoms with Crippen LogP contribution in [-0.2, 0) is 6.54 Å². The summed E-state index contributed by atoms with van der Waals surface area (Å²) in [6, 6.07) is 8.25. The van der Waals surface area contributed by atoms with E-state index in [1.54, 1.807) is 4.57 Å². The highest BCUT2D eigenvalue weighted by Gasteiger charge is 2.05. The Bertz CT molecular complexity index is 633. The number of para-hydroxylation sites is 2. The van der Waals surface area contributed by atoms with Gasteiger partial charge in [0.15, 0.2) is 0 Å². The van der Waals surface area contributed by atoms with Crippen LogP contribution in [0.1, 0.15) is 33.6 Å². The van der Waals surface area contributed by atoms with Crippen molar-refractivity contribution >= 4 is 11.0 Å². The Hall–Kier alpha value is -1.68. The second-order valence-electron chi connectivity index (χ2n) is 6.06. The molecular formula is C17H25N3O. The molecule has 1 N–H and O–H groups in total. The van der Waals surface area contributed by atoms with Crippen LogP contribution in [0.25, 0.3) is 11.0 Å². The Morgan fingerprint density at radius 3 is 2.71 bits per heavy atom. The zero-order chi connectivity index (χ0) is 15.2. The van der Waals surface area contributed by atoms with E-state index in [1.165, 1.54) is 19.0 Å². The maximum absolute atomic E-state index is 12.0. The minimum atomic E-state index is -0.0367. The van der Waals surface area contributed by atoms with E-state index in [4.69, 9.17) is 0 Å². The SMILES string of the molecule is CC(C)CCC(C)NCCn1c(=O)cnc2ccccc21. The topological polar surface area (TPSA) is 46.9 Å². The zero-order valence-corrected chi connectivity index (χ0v) is 13.2. The summed E-state index contributed by atoms with van der Waals surface area (Å²) in [4.78, 5) is 16.2. The first-order valence-electron chi connectivity index (χ1n) is 7.76. The van der Waals surface area contributed by atoms with Gasteiger partial charge in [-0.2, -0.15) is 0 Å². The summed E-state index contributed by atoms with van der Waals surface area (Å²) in [5.74, 6) is 0.737. The molecule has 114 valence electrons. The summed E-state index contributed by atoms with van der Waals surface area (Å²) in [7, 11) is 0. The van der Waals surface area contributed by atoms with Gasteiger partial charge in [-0.3, -0.25) is 4.79 Å². The van der Waals surface area contributed by atoms with Crippen molar-refractivity contribution in [2.45, 2.75) is 46.2 Å². The molecule has 1 aromatic carbocycles. The van der Waals surface area contributed by atoms with Gasteiger partial charge in [0.05, 0.1) is 17.2 Å². The monoisotopic (exact) mass is 287 g/mol. The van der Waals surface area contributed by atoms with E-state index in [-0.39, 0.29) is 5.56 Å². The normalized spacial score (nSPS) is 13.0. The summed E-state index contributed by atoms with van der Waals surface area (Å²) < 4.78 is 1.80. The largest absolute Gasteiger partial charge is 0.312 e. The number of fused-ring (bicyclic) bond motifs is 1. The van der Waals surface area contributed by atoms with Crippen molar-refractivity contribution in [2.24, 2.45) is 5.92 Å². The molecule has 4 heteroatoms. The van der Waals surface area contributed by atoms with Gasteiger partial charge < -0.3 is 9.88 Å². The van der Waals surface area contributed by atoms with Gasteiger partial charge >= 0.3 is 0 Å². The number of rotatable bonds is 7. The molecule has 0 fully saturated rings. The highest BCUT2D eigenvalue weighted by atomic mass is 16.1. The molecule has 0 bridgehead atoms. The number of nitrogens with zero attached hydrogens (tertiary/aromatic N) is 2. The van der Waals surface area contributed by atoms with Gasteiger partial charge in [0, 0.05) is 19.1 Å². The summed E-state index contributed by atoms with van der Waals surface area (Å²) in [6.45, 7) is 8.17. The van der Waals surface area contributed by atoms with E-state index in [9.17, 15) is 4.79 Å². The average Bonchev–Trinajstić information content (AvgIpc) is 2.47. The van der Waals surface area contributed by atoms with Crippen LogP contribution in [0.5, 0.6) is 0 Å². The Morgan fingerprint density at radius 2 is 1.95 bits per heavy atom. The Morgan fingerprint density at radius 1 is 1.19 bits per heavy atom. The van der Waals surface area contributed by atoms with Crippen molar-refractivity contribution in [1.82, 2.24) is 14.9 Å². The van der Waals surface area contributed by atoms with Gasteiger partial charge in [-0.15, -0.1) is 0 Å². The summed E-state index contributed by atoms with van der Waals surface area (Å²) >= 11 is 0. The maximum Gasteiger partial charge on any atom is 0.269 e. The fourth-order valence-electron chi connectivity index (χ4n) is 2.45. The van der Waals surface area contributed by atoms with E-state index in [0.717, 1.165) is 23.5 Å². The van der Waals surface area contributed by atoms with Crippen molar-refractivity contribution in [1.29, 1.82) is 0 Å². The van der Waals surface area contributed by atoms with Crippen LogP contribution in [0.2, 0.25) is 0 Å². The summed E-state index contributed by atoms with van der Waals surface area (Å²) in [5, 5.41) is 3.50. The van der Waals surface area contributed by atoms with E-state index in [0.29, 0.717) is 12.6 Å². The fourth-order valence-corrected chi connectivity index (χ4v) is 2.45.